The van der Waals surface area contributed by atoms with E-state index in [9.17, 15) is 0 Å². The van der Waals surface area contributed by atoms with Crippen molar-refractivity contribution in [3.63, 3.8) is 0 Å². The molecule has 0 atom stereocenters. The van der Waals surface area contributed by atoms with Gasteiger partial charge in [0, 0.05) is 23.5 Å². The molecule has 21 heavy (non-hydrogen) atoms. The first-order valence-electron chi connectivity index (χ1n) is 6.87. The summed E-state index contributed by atoms with van der Waals surface area (Å²) in [5.74, 6) is 2.57. The summed E-state index contributed by atoms with van der Waals surface area (Å²) in [5, 5.41) is 3.78. The Morgan fingerprint density at radius 3 is 2.71 bits per heavy atom. The number of aryl methyl sites for hydroxylation is 1. The molecule has 1 aromatic carbocycles. The third-order valence-electron chi connectivity index (χ3n) is 2.73. The zero-order valence-corrected chi connectivity index (χ0v) is 14.3. The third kappa shape index (κ3) is 4.58. The lowest BCUT2D eigenvalue weighted by atomic mass is 10.3. The van der Waals surface area contributed by atoms with Crippen LogP contribution in [-0.2, 0) is 6.42 Å². The van der Waals surface area contributed by atoms with Crippen molar-refractivity contribution in [3.05, 3.63) is 39.6 Å². The number of nitrogens with one attached hydrogen (secondary N) is 1. The molecular formula is C15H17BrClN3O. The monoisotopic (exact) mass is 369 g/mol. The van der Waals surface area contributed by atoms with Gasteiger partial charge in [-0.1, -0.05) is 41.4 Å². The van der Waals surface area contributed by atoms with E-state index in [-0.39, 0.29) is 0 Å². The van der Waals surface area contributed by atoms with E-state index in [4.69, 9.17) is 16.3 Å². The Kier molecular flexibility index (Phi) is 5.82. The quantitative estimate of drug-likeness (QED) is 0.771. The van der Waals surface area contributed by atoms with E-state index in [1.165, 1.54) is 0 Å². The van der Waals surface area contributed by atoms with E-state index in [1.807, 2.05) is 13.0 Å². The van der Waals surface area contributed by atoms with Gasteiger partial charge in [-0.3, -0.25) is 0 Å². The summed E-state index contributed by atoms with van der Waals surface area (Å²) in [5.41, 5.74) is 0. The van der Waals surface area contributed by atoms with Gasteiger partial charge in [0.1, 0.15) is 17.4 Å². The normalized spacial score (nSPS) is 10.5. The lowest BCUT2D eigenvalue weighted by Crippen LogP contribution is -2.05. The van der Waals surface area contributed by atoms with E-state index in [1.54, 1.807) is 18.2 Å². The van der Waals surface area contributed by atoms with Crippen LogP contribution in [-0.4, -0.2) is 16.5 Å². The molecule has 0 radical (unpaired) electrons. The Bertz CT molecular complexity index is 622. The first kappa shape index (κ1) is 16.0. The second-order valence-corrected chi connectivity index (χ2v) is 5.79. The van der Waals surface area contributed by atoms with Crippen LogP contribution in [0, 0.1) is 0 Å². The number of benzene rings is 1. The Morgan fingerprint density at radius 2 is 2.05 bits per heavy atom. The van der Waals surface area contributed by atoms with Crippen molar-refractivity contribution in [2.75, 3.05) is 11.9 Å². The average Bonchev–Trinajstić information content (AvgIpc) is 2.48. The molecule has 4 nitrogen and oxygen atoms in total. The van der Waals surface area contributed by atoms with Gasteiger partial charge in [0.2, 0.25) is 5.88 Å². The molecule has 0 saturated carbocycles. The van der Waals surface area contributed by atoms with Crippen LogP contribution in [0.25, 0.3) is 0 Å². The summed E-state index contributed by atoms with van der Waals surface area (Å²) in [6.07, 6.45) is 1.77. The predicted molar refractivity (Wildman–Crippen MR) is 89.4 cm³/mol. The molecule has 0 saturated heterocycles. The number of hydrogen-bond acceptors (Lipinski definition) is 4. The van der Waals surface area contributed by atoms with E-state index < -0.39 is 0 Å². The summed E-state index contributed by atoms with van der Waals surface area (Å²) < 4.78 is 6.69. The van der Waals surface area contributed by atoms with Gasteiger partial charge < -0.3 is 10.1 Å². The second kappa shape index (κ2) is 7.61. The predicted octanol–water partition coefficient (Wildman–Crippen LogP) is 5.07. The maximum Gasteiger partial charge on any atom is 0.224 e. The van der Waals surface area contributed by atoms with Crippen LogP contribution in [0.15, 0.2) is 28.7 Å². The van der Waals surface area contributed by atoms with Crippen molar-refractivity contribution in [1.82, 2.24) is 9.97 Å². The van der Waals surface area contributed by atoms with Crippen LogP contribution < -0.4 is 10.1 Å². The summed E-state index contributed by atoms with van der Waals surface area (Å²) in [6, 6.07) is 7.25. The highest BCUT2D eigenvalue weighted by atomic mass is 79.9. The third-order valence-corrected chi connectivity index (χ3v) is 3.52. The topological polar surface area (TPSA) is 47.0 Å². The van der Waals surface area contributed by atoms with Crippen LogP contribution in [0.1, 0.15) is 26.1 Å². The molecule has 0 amide bonds. The van der Waals surface area contributed by atoms with Gasteiger partial charge in [-0.2, -0.15) is 4.98 Å². The lowest BCUT2D eigenvalue weighted by Gasteiger charge is -2.10. The molecule has 6 heteroatoms. The van der Waals surface area contributed by atoms with Gasteiger partial charge in [-0.05, 0) is 24.6 Å². The zero-order chi connectivity index (χ0) is 15.2. The van der Waals surface area contributed by atoms with Crippen LogP contribution in [0.4, 0.5) is 5.82 Å². The van der Waals surface area contributed by atoms with Crippen molar-refractivity contribution < 1.29 is 4.74 Å². The fourth-order valence-electron chi connectivity index (χ4n) is 1.70. The number of halogens is 2. The molecule has 0 bridgehead atoms. The minimum Gasteiger partial charge on any atom is -0.437 e. The largest absolute Gasteiger partial charge is 0.437 e. The van der Waals surface area contributed by atoms with E-state index in [0.29, 0.717) is 16.7 Å². The molecule has 1 N–H and O–H groups in total. The summed E-state index contributed by atoms with van der Waals surface area (Å²) in [6.45, 7) is 4.97. The molecule has 1 aromatic heterocycles. The number of nitrogens with zero attached hydrogens (tertiary/aromatic N) is 2. The molecule has 0 aliphatic heterocycles. The molecular weight excluding hydrogens is 354 g/mol. The minimum atomic E-state index is 0.490. The number of rotatable bonds is 6. The molecule has 2 aromatic rings. The highest BCUT2D eigenvalue weighted by Gasteiger charge is 2.08. The molecule has 0 fully saturated rings. The molecule has 0 aliphatic rings. The second-order valence-electron chi connectivity index (χ2n) is 4.46. The highest BCUT2D eigenvalue weighted by Crippen LogP contribution is 2.31. The van der Waals surface area contributed by atoms with Crippen molar-refractivity contribution in [2.45, 2.75) is 26.7 Å². The fraction of sp³-hybridized carbons (Fsp3) is 0.333. The Morgan fingerprint density at radius 1 is 1.24 bits per heavy atom. The SMILES string of the molecule is CCCNc1cc(Oc2ccc(Br)cc2Cl)nc(CC)n1. The van der Waals surface area contributed by atoms with E-state index >= 15 is 0 Å². The maximum absolute atomic E-state index is 6.16. The summed E-state index contributed by atoms with van der Waals surface area (Å²) >= 11 is 9.53. The first-order chi connectivity index (χ1) is 10.1. The summed E-state index contributed by atoms with van der Waals surface area (Å²) in [7, 11) is 0. The fourth-order valence-corrected chi connectivity index (χ4v) is 2.41. The van der Waals surface area contributed by atoms with Gasteiger partial charge in [-0.25, -0.2) is 4.98 Å². The van der Waals surface area contributed by atoms with Gasteiger partial charge in [0.15, 0.2) is 0 Å². The molecule has 0 unspecified atom stereocenters. The van der Waals surface area contributed by atoms with Crippen molar-refractivity contribution in [3.8, 4) is 11.6 Å². The molecule has 0 spiro atoms. The van der Waals surface area contributed by atoms with Crippen LogP contribution in [0.5, 0.6) is 11.6 Å². The average molecular weight is 371 g/mol. The van der Waals surface area contributed by atoms with Gasteiger partial charge in [0.25, 0.3) is 0 Å². The zero-order valence-electron chi connectivity index (χ0n) is 12.0. The lowest BCUT2D eigenvalue weighted by molar-refractivity contribution is 0.459. The van der Waals surface area contributed by atoms with Crippen LogP contribution in [0.3, 0.4) is 0 Å². The van der Waals surface area contributed by atoms with E-state index in [2.05, 4.69) is 38.1 Å². The van der Waals surface area contributed by atoms with Gasteiger partial charge in [-0.15, -0.1) is 0 Å². The summed E-state index contributed by atoms with van der Waals surface area (Å²) in [4.78, 5) is 8.80. The standard InChI is InChI=1S/C15H17BrClN3O/c1-3-7-18-14-9-15(20-13(4-2)19-14)21-12-6-5-10(16)8-11(12)17/h5-6,8-9H,3-4,7H2,1-2H3,(H,18,19,20). The van der Waals surface area contributed by atoms with Crippen LogP contribution in [0.2, 0.25) is 5.02 Å². The van der Waals surface area contributed by atoms with E-state index in [0.717, 1.165) is 35.5 Å². The first-order valence-corrected chi connectivity index (χ1v) is 8.04. The Labute approximate surface area is 138 Å². The maximum atomic E-state index is 6.16. The molecule has 2 rings (SSSR count). The van der Waals surface area contributed by atoms with Gasteiger partial charge in [0.05, 0.1) is 5.02 Å². The minimum absolute atomic E-state index is 0.490. The Balaban J connectivity index is 2.25. The van der Waals surface area contributed by atoms with Crippen molar-refractivity contribution in [1.29, 1.82) is 0 Å². The number of aromatic nitrogens is 2. The number of anilines is 1. The highest BCUT2D eigenvalue weighted by molar-refractivity contribution is 9.10. The van der Waals surface area contributed by atoms with Crippen LogP contribution >= 0.6 is 27.5 Å². The van der Waals surface area contributed by atoms with Gasteiger partial charge >= 0.3 is 0 Å². The number of ether oxygens (including phenoxy) is 1. The molecule has 112 valence electrons. The smallest absolute Gasteiger partial charge is 0.224 e. The molecule has 1 heterocycles. The Hall–Kier alpha value is -1.33. The van der Waals surface area contributed by atoms with Crippen molar-refractivity contribution in [2.24, 2.45) is 0 Å². The number of hydrogen-bond donors (Lipinski definition) is 1. The molecule has 0 aliphatic carbocycles. The van der Waals surface area contributed by atoms with Crippen molar-refractivity contribution >= 4 is 33.3 Å².